The molecule has 332 valence electrons. The second-order valence-corrected chi connectivity index (χ2v) is 16.6. The standard InChI is InChI=1S/C23H31N3O4.C12H10ClN3O.C11H22O3/c1-3-23(4-2,30-20-10-5-6-13-28-20)15-29-16-11-12-24-19(14-16)21-25-18-9-7-8-17(18)22(27)26-21;13-7-4-5-14-10(6-7)11-15-9-3-1-2-8(9)12(17)16-11;1-3-11(4-2,9-12)14-10-7-5-6-8-13-10/h11-12,14,20H,3-10,13,15H2,1-2H3,(H,25,26,27);4-6H,1-3H2,(H,15,16,17);10,12H,3-9H2,1-2H3. The first kappa shape index (κ1) is 46.5. The Morgan fingerprint density at radius 1 is 0.705 bits per heavy atom. The van der Waals surface area contributed by atoms with Crippen molar-refractivity contribution in [1.29, 1.82) is 0 Å². The Labute approximate surface area is 363 Å². The molecule has 0 spiro atoms. The molecule has 0 amide bonds. The summed E-state index contributed by atoms with van der Waals surface area (Å²) >= 11 is 5.89. The molecule has 15 heteroatoms. The first-order valence-corrected chi connectivity index (χ1v) is 22.6. The Kier molecular flexibility index (Phi) is 17.0. The van der Waals surface area contributed by atoms with Gasteiger partial charge in [0, 0.05) is 47.8 Å². The number of nitrogens with one attached hydrogen (secondary N) is 2. The second kappa shape index (κ2) is 22.3. The minimum Gasteiger partial charge on any atom is -0.490 e. The van der Waals surface area contributed by atoms with Crippen molar-refractivity contribution in [2.24, 2.45) is 0 Å². The van der Waals surface area contributed by atoms with E-state index in [1.54, 1.807) is 24.5 Å². The SMILES string of the molecule is CCC(CC)(CO)OC1CCCCO1.CCC(CC)(COc1ccnc(-c2nc3c(c(=O)[nH]2)CCC3)c1)OC1CCCCO1.O=c1[nH]c(-c2cc(Cl)ccn2)nc2c1CCC2. The largest absolute Gasteiger partial charge is 0.490 e. The number of halogens is 1. The molecule has 3 N–H and O–H groups in total. The van der Waals surface area contributed by atoms with E-state index in [0.29, 0.717) is 40.4 Å². The summed E-state index contributed by atoms with van der Waals surface area (Å²) in [7, 11) is 0. The van der Waals surface area contributed by atoms with Gasteiger partial charge in [-0.3, -0.25) is 19.6 Å². The summed E-state index contributed by atoms with van der Waals surface area (Å²) in [5.41, 5.74) is 3.72. The molecule has 2 fully saturated rings. The number of H-pyrrole nitrogens is 2. The molecular formula is C46H63ClN6O8. The van der Waals surface area contributed by atoms with E-state index < -0.39 is 5.60 Å². The van der Waals surface area contributed by atoms with Crippen LogP contribution in [-0.4, -0.2) is 85.2 Å². The van der Waals surface area contributed by atoms with E-state index >= 15 is 0 Å². The van der Waals surface area contributed by atoms with E-state index in [9.17, 15) is 14.7 Å². The Morgan fingerprint density at radius 3 is 1.69 bits per heavy atom. The number of aryl methyl sites for hydroxylation is 2. The van der Waals surface area contributed by atoms with Crippen LogP contribution >= 0.6 is 11.6 Å². The van der Waals surface area contributed by atoms with Gasteiger partial charge in [0.25, 0.3) is 11.1 Å². The van der Waals surface area contributed by atoms with Gasteiger partial charge in [0.05, 0.1) is 23.6 Å². The maximum absolute atomic E-state index is 12.3. The highest BCUT2D eigenvalue weighted by Crippen LogP contribution is 2.30. The molecule has 6 heterocycles. The third kappa shape index (κ3) is 12.3. The monoisotopic (exact) mass is 862 g/mol. The fourth-order valence-corrected chi connectivity index (χ4v) is 8.16. The summed E-state index contributed by atoms with van der Waals surface area (Å²) in [5, 5.41) is 9.91. The Balaban J connectivity index is 0.000000169. The third-order valence-corrected chi connectivity index (χ3v) is 12.5. The third-order valence-electron chi connectivity index (χ3n) is 12.2. The molecule has 0 radical (unpaired) electrons. The molecule has 8 rings (SSSR count). The summed E-state index contributed by atoms with van der Waals surface area (Å²) < 4.78 is 29.6. The van der Waals surface area contributed by atoms with E-state index in [1.807, 2.05) is 26.0 Å². The molecule has 0 bridgehead atoms. The molecule has 0 saturated carbocycles. The molecule has 0 aromatic carbocycles. The molecule has 4 aromatic rings. The number of aliphatic hydroxyl groups is 1. The van der Waals surface area contributed by atoms with Crippen LogP contribution in [0.2, 0.25) is 5.02 Å². The van der Waals surface area contributed by atoms with Crippen LogP contribution in [0.15, 0.2) is 46.2 Å². The van der Waals surface area contributed by atoms with Gasteiger partial charge < -0.3 is 38.8 Å². The molecular weight excluding hydrogens is 800 g/mol. The summed E-state index contributed by atoms with van der Waals surface area (Å²) in [6.45, 7) is 10.4. The zero-order valence-corrected chi connectivity index (χ0v) is 37.0. The van der Waals surface area contributed by atoms with Crippen LogP contribution in [0.3, 0.4) is 0 Å². The molecule has 61 heavy (non-hydrogen) atoms. The summed E-state index contributed by atoms with van der Waals surface area (Å²) in [5.74, 6) is 1.68. The quantitative estimate of drug-likeness (QED) is 0.112. The van der Waals surface area contributed by atoms with Crippen LogP contribution in [0.5, 0.6) is 5.75 Å². The lowest BCUT2D eigenvalue weighted by molar-refractivity contribution is -0.236. The molecule has 2 unspecified atom stereocenters. The highest BCUT2D eigenvalue weighted by Gasteiger charge is 2.33. The number of fused-ring (bicyclic) bond motifs is 2. The maximum atomic E-state index is 12.3. The number of hydrogen-bond donors (Lipinski definition) is 3. The number of aliphatic hydroxyl groups excluding tert-OH is 1. The number of nitrogens with zero attached hydrogens (tertiary/aromatic N) is 4. The highest BCUT2D eigenvalue weighted by atomic mass is 35.5. The predicted octanol–water partition coefficient (Wildman–Crippen LogP) is 7.86. The minimum atomic E-state index is -0.397. The molecule has 2 aliphatic carbocycles. The van der Waals surface area contributed by atoms with Crippen LogP contribution in [-0.2, 0) is 44.6 Å². The Bertz CT molecular complexity index is 2120. The highest BCUT2D eigenvalue weighted by molar-refractivity contribution is 6.30. The number of rotatable bonds is 14. The van der Waals surface area contributed by atoms with E-state index in [-0.39, 0.29) is 35.9 Å². The van der Waals surface area contributed by atoms with Crippen molar-refractivity contribution in [2.45, 2.75) is 154 Å². The Hall–Kier alpha value is -4.05. The number of aromatic amines is 2. The molecule has 2 aliphatic heterocycles. The number of hydrogen-bond acceptors (Lipinski definition) is 12. The number of ether oxygens (including phenoxy) is 5. The smallest absolute Gasteiger partial charge is 0.254 e. The van der Waals surface area contributed by atoms with Crippen molar-refractivity contribution in [3.05, 3.63) is 84.9 Å². The maximum Gasteiger partial charge on any atom is 0.254 e. The lowest BCUT2D eigenvalue weighted by Crippen LogP contribution is -2.43. The van der Waals surface area contributed by atoms with Crippen LogP contribution < -0.4 is 15.9 Å². The lowest BCUT2D eigenvalue weighted by Gasteiger charge is -2.36. The van der Waals surface area contributed by atoms with Crippen LogP contribution in [0.1, 0.15) is 127 Å². The zero-order chi connectivity index (χ0) is 43.2. The number of pyridine rings is 2. The van der Waals surface area contributed by atoms with Gasteiger partial charge in [-0.1, -0.05) is 39.3 Å². The summed E-state index contributed by atoms with van der Waals surface area (Å²) in [6, 6.07) is 7.03. The average Bonchev–Trinajstić information content (AvgIpc) is 4.00. The van der Waals surface area contributed by atoms with Gasteiger partial charge >= 0.3 is 0 Å². The number of aromatic nitrogens is 6. The second-order valence-electron chi connectivity index (χ2n) is 16.2. The topological polar surface area (TPSA) is 184 Å². The van der Waals surface area contributed by atoms with E-state index in [2.05, 4.69) is 43.8 Å². The average molecular weight is 863 g/mol. The Morgan fingerprint density at radius 2 is 1.21 bits per heavy atom. The summed E-state index contributed by atoms with van der Waals surface area (Å²) in [6.07, 6.45) is 18.1. The van der Waals surface area contributed by atoms with Crippen molar-refractivity contribution in [2.75, 3.05) is 26.4 Å². The zero-order valence-electron chi connectivity index (χ0n) is 36.2. The van der Waals surface area contributed by atoms with Gasteiger partial charge in [-0.25, -0.2) is 9.97 Å². The van der Waals surface area contributed by atoms with Crippen molar-refractivity contribution in [3.8, 4) is 28.8 Å². The lowest BCUT2D eigenvalue weighted by atomic mass is 9.98. The van der Waals surface area contributed by atoms with Crippen LogP contribution in [0.25, 0.3) is 23.0 Å². The van der Waals surface area contributed by atoms with Crippen molar-refractivity contribution >= 4 is 11.6 Å². The van der Waals surface area contributed by atoms with E-state index in [0.717, 1.165) is 132 Å². The van der Waals surface area contributed by atoms with Gasteiger partial charge in [-0.15, -0.1) is 0 Å². The molecule has 14 nitrogen and oxygen atoms in total. The molecule has 4 aromatic heterocycles. The first-order valence-electron chi connectivity index (χ1n) is 22.3. The first-order chi connectivity index (χ1) is 29.6. The van der Waals surface area contributed by atoms with E-state index in [1.165, 1.54) is 6.42 Å². The van der Waals surface area contributed by atoms with Crippen molar-refractivity contribution < 1.29 is 28.8 Å². The minimum absolute atomic E-state index is 0.0516. The normalized spacial score (nSPS) is 18.6. The van der Waals surface area contributed by atoms with Crippen molar-refractivity contribution in [3.63, 3.8) is 0 Å². The molecule has 2 atom stereocenters. The van der Waals surface area contributed by atoms with Crippen LogP contribution in [0.4, 0.5) is 0 Å². The molecule has 2 saturated heterocycles. The predicted molar refractivity (Wildman–Crippen MR) is 234 cm³/mol. The fraction of sp³-hybridized carbons (Fsp3) is 0.609. The van der Waals surface area contributed by atoms with Gasteiger partial charge in [-0.2, -0.15) is 0 Å². The van der Waals surface area contributed by atoms with E-state index in [4.69, 9.17) is 35.3 Å². The van der Waals surface area contributed by atoms with Crippen LogP contribution in [0, 0.1) is 0 Å². The van der Waals surface area contributed by atoms with Gasteiger partial charge in [0.2, 0.25) is 0 Å². The fourth-order valence-electron chi connectivity index (χ4n) is 8.00. The summed E-state index contributed by atoms with van der Waals surface area (Å²) in [4.78, 5) is 47.4. The van der Waals surface area contributed by atoms with Gasteiger partial charge in [-0.05, 0) is 121 Å². The van der Waals surface area contributed by atoms with Crippen molar-refractivity contribution in [1.82, 2.24) is 29.9 Å². The van der Waals surface area contributed by atoms with Gasteiger partial charge in [0.15, 0.2) is 24.2 Å². The van der Waals surface area contributed by atoms with Gasteiger partial charge in [0.1, 0.15) is 29.3 Å². The molecule has 4 aliphatic rings.